The van der Waals surface area contributed by atoms with Crippen LogP contribution in [-0.2, 0) is 19.6 Å². The maximum absolute atomic E-state index is 12.6. The number of hydrogen-bond donors (Lipinski definition) is 0. The molecule has 0 atom stereocenters. The fraction of sp³-hybridized carbons (Fsp3) is 0.278. The summed E-state index contributed by atoms with van der Waals surface area (Å²) in [6.45, 7) is 0.465. The lowest BCUT2D eigenvalue weighted by Crippen LogP contribution is -2.51. The fourth-order valence-electron chi connectivity index (χ4n) is 2.70. The molecule has 27 heavy (non-hydrogen) atoms. The largest absolute Gasteiger partial charge is 0.451 e. The Hall–Kier alpha value is -2.78. The number of rotatable bonds is 5. The van der Waals surface area contributed by atoms with E-state index in [1.807, 2.05) is 0 Å². The number of sulfonamides is 1. The molecule has 0 N–H and O–H groups in total. The van der Waals surface area contributed by atoms with Crippen LogP contribution in [0, 0.1) is 0 Å². The summed E-state index contributed by atoms with van der Waals surface area (Å²) in [7, 11) is -3.57. The third kappa shape index (κ3) is 4.50. The summed E-state index contributed by atoms with van der Waals surface area (Å²) in [5.41, 5.74) is 0.129. The SMILES string of the molecule is O=C(OCC(=O)N1CCN(S(=O)(=O)c2ccccc2)CC1)c1ccccn1. The first kappa shape index (κ1) is 19.0. The Labute approximate surface area is 157 Å². The van der Waals surface area contributed by atoms with Gasteiger partial charge in [-0.1, -0.05) is 24.3 Å². The number of piperazine rings is 1. The van der Waals surface area contributed by atoms with Crippen LogP contribution in [0.15, 0.2) is 59.6 Å². The lowest BCUT2D eigenvalue weighted by molar-refractivity contribution is -0.135. The molecule has 0 bridgehead atoms. The Balaban J connectivity index is 1.51. The summed E-state index contributed by atoms with van der Waals surface area (Å²) in [6.07, 6.45) is 1.46. The van der Waals surface area contributed by atoms with Gasteiger partial charge in [0.2, 0.25) is 10.0 Å². The van der Waals surface area contributed by atoms with Gasteiger partial charge >= 0.3 is 5.97 Å². The van der Waals surface area contributed by atoms with Crippen molar-refractivity contribution in [3.63, 3.8) is 0 Å². The fourth-order valence-corrected chi connectivity index (χ4v) is 4.14. The second kappa shape index (κ2) is 8.28. The van der Waals surface area contributed by atoms with Crippen molar-refractivity contribution in [2.75, 3.05) is 32.8 Å². The predicted molar refractivity (Wildman–Crippen MR) is 96.3 cm³/mol. The second-order valence-corrected chi connectivity index (χ2v) is 7.83. The van der Waals surface area contributed by atoms with Gasteiger partial charge in [0.15, 0.2) is 6.61 Å². The van der Waals surface area contributed by atoms with E-state index in [-0.39, 0.29) is 42.7 Å². The lowest BCUT2D eigenvalue weighted by atomic mass is 10.3. The normalized spacial score (nSPS) is 15.3. The van der Waals surface area contributed by atoms with E-state index in [0.717, 1.165) is 0 Å². The van der Waals surface area contributed by atoms with E-state index in [2.05, 4.69) is 4.98 Å². The van der Waals surface area contributed by atoms with Crippen LogP contribution in [0.2, 0.25) is 0 Å². The molecular weight excluding hydrogens is 370 g/mol. The van der Waals surface area contributed by atoms with E-state index in [1.165, 1.54) is 21.5 Å². The highest BCUT2D eigenvalue weighted by molar-refractivity contribution is 7.89. The number of nitrogens with zero attached hydrogens (tertiary/aromatic N) is 3. The molecule has 142 valence electrons. The van der Waals surface area contributed by atoms with Gasteiger partial charge in [-0.2, -0.15) is 4.31 Å². The second-order valence-electron chi connectivity index (χ2n) is 5.89. The molecule has 0 aliphatic carbocycles. The third-order valence-corrected chi connectivity index (χ3v) is 6.09. The van der Waals surface area contributed by atoms with Crippen LogP contribution in [0.5, 0.6) is 0 Å². The summed E-state index contributed by atoms with van der Waals surface area (Å²) in [4.78, 5) is 29.6. The highest BCUT2D eigenvalue weighted by Gasteiger charge is 2.30. The van der Waals surface area contributed by atoms with Gasteiger partial charge in [0.25, 0.3) is 5.91 Å². The number of hydrogen-bond acceptors (Lipinski definition) is 6. The van der Waals surface area contributed by atoms with Crippen LogP contribution in [0.1, 0.15) is 10.5 Å². The molecule has 1 fully saturated rings. The molecule has 1 aliphatic heterocycles. The quantitative estimate of drug-likeness (QED) is 0.701. The zero-order chi connectivity index (χ0) is 19.3. The van der Waals surface area contributed by atoms with Gasteiger partial charge in [-0.15, -0.1) is 0 Å². The predicted octanol–water partition coefficient (Wildman–Crippen LogP) is 0.771. The molecule has 2 aromatic rings. The van der Waals surface area contributed by atoms with Crippen LogP contribution in [0.4, 0.5) is 0 Å². The first-order chi connectivity index (χ1) is 13.0. The molecule has 0 spiro atoms. The Morgan fingerprint density at radius 3 is 2.26 bits per heavy atom. The summed E-state index contributed by atoms with van der Waals surface area (Å²) >= 11 is 0. The third-order valence-electron chi connectivity index (χ3n) is 4.17. The first-order valence-electron chi connectivity index (χ1n) is 8.39. The molecule has 0 saturated carbocycles. The average Bonchev–Trinajstić information content (AvgIpc) is 2.73. The van der Waals surface area contributed by atoms with E-state index in [4.69, 9.17) is 4.74 Å². The molecule has 0 unspecified atom stereocenters. The van der Waals surface area contributed by atoms with Crippen LogP contribution < -0.4 is 0 Å². The number of pyridine rings is 1. The minimum Gasteiger partial charge on any atom is -0.451 e. The number of aromatic nitrogens is 1. The van der Waals surface area contributed by atoms with E-state index in [1.54, 1.807) is 42.5 Å². The smallest absolute Gasteiger partial charge is 0.357 e. The van der Waals surface area contributed by atoms with Crippen molar-refractivity contribution in [1.82, 2.24) is 14.2 Å². The van der Waals surface area contributed by atoms with E-state index in [9.17, 15) is 18.0 Å². The number of esters is 1. The molecule has 3 rings (SSSR count). The molecule has 0 radical (unpaired) electrons. The molecule has 1 aliphatic rings. The zero-order valence-corrected chi connectivity index (χ0v) is 15.3. The Kier molecular flexibility index (Phi) is 5.82. The maximum Gasteiger partial charge on any atom is 0.357 e. The van der Waals surface area contributed by atoms with Gasteiger partial charge in [0, 0.05) is 32.4 Å². The number of ether oxygens (including phenoxy) is 1. The van der Waals surface area contributed by atoms with Crippen LogP contribution in [0.3, 0.4) is 0 Å². The minimum absolute atomic E-state index is 0.129. The summed E-state index contributed by atoms with van der Waals surface area (Å²) in [5.74, 6) is -1.04. The van der Waals surface area contributed by atoms with Crippen molar-refractivity contribution in [3.8, 4) is 0 Å². The number of benzene rings is 1. The minimum atomic E-state index is -3.57. The van der Waals surface area contributed by atoms with E-state index >= 15 is 0 Å². The van der Waals surface area contributed by atoms with Gasteiger partial charge in [0.05, 0.1) is 4.90 Å². The standard InChI is InChI=1S/C18H19N3O5S/c22-17(14-26-18(23)16-8-4-5-9-19-16)20-10-12-21(13-11-20)27(24,25)15-6-2-1-3-7-15/h1-9H,10-14H2. The molecule has 2 heterocycles. The number of carbonyl (C=O) groups is 2. The van der Waals surface area contributed by atoms with Crippen molar-refractivity contribution < 1.29 is 22.7 Å². The van der Waals surface area contributed by atoms with Crippen molar-refractivity contribution in [2.45, 2.75) is 4.90 Å². The summed E-state index contributed by atoms with van der Waals surface area (Å²) in [6, 6.07) is 13.0. The molecule has 8 nitrogen and oxygen atoms in total. The Morgan fingerprint density at radius 2 is 1.63 bits per heavy atom. The monoisotopic (exact) mass is 389 g/mol. The molecular formula is C18H19N3O5S. The Morgan fingerprint density at radius 1 is 0.963 bits per heavy atom. The molecule has 1 aromatic carbocycles. The maximum atomic E-state index is 12.6. The highest BCUT2D eigenvalue weighted by atomic mass is 32.2. The summed E-state index contributed by atoms with van der Waals surface area (Å²) < 4.78 is 31.5. The van der Waals surface area contributed by atoms with Crippen molar-refractivity contribution >= 4 is 21.9 Å². The van der Waals surface area contributed by atoms with Gasteiger partial charge in [-0.05, 0) is 24.3 Å². The average molecular weight is 389 g/mol. The highest BCUT2D eigenvalue weighted by Crippen LogP contribution is 2.17. The van der Waals surface area contributed by atoms with Gasteiger partial charge in [0.1, 0.15) is 5.69 Å². The molecule has 1 amide bonds. The molecule has 1 saturated heterocycles. The van der Waals surface area contributed by atoms with E-state index < -0.39 is 22.6 Å². The topological polar surface area (TPSA) is 96.9 Å². The Bertz CT molecular complexity index is 895. The summed E-state index contributed by atoms with van der Waals surface area (Å²) in [5, 5.41) is 0. The van der Waals surface area contributed by atoms with Gasteiger partial charge < -0.3 is 9.64 Å². The van der Waals surface area contributed by atoms with Gasteiger partial charge in [-0.25, -0.2) is 18.2 Å². The van der Waals surface area contributed by atoms with Crippen molar-refractivity contribution in [3.05, 3.63) is 60.4 Å². The van der Waals surface area contributed by atoms with Crippen molar-refractivity contribution in [2.24, 2.45) is 0 Å². The van der Waals surface area contributed by atoms with Crippen molar-refractivity contribution in [1.29, 1.82) is 0 Å². The van der Waals surface area contributed by atoms with Crippen LogP contribution >= 0.6 is 0 Å². The number of amides is 1. The lowest BCUT2D eigenvalue weighted by Gasteiger charge is -2.33. The molecule has 9 heteroatoms. The van der Waals surface area contributed by atoms with Crippen LogP contribution in [0.25, 0.3) is 0 Å². The molecule has 1 aromatic heterocycles. The van der Waals surface area contributed by atoms with Gasteiger partial charge in [-0.3, -0.25) is 4.79 Å². The van der Waals surface area contributed by atoms with E-state index in [0.29, 0.717) is 0 Å². The zero-order valence-electron chi connectivity index (χ0n) is 14.5. The first-order valence-corrected chi connectivity index (χ1v) is 9.83. The van der Waals surface area contributed by atoms with Crippen LogP contribution in [-0.4, -0.2) is 67.3 Å². The number of carbonyl (C=O) groups excluding carboxylic acids is 2.